The first-order chi connectivity index (χ1) is 10.2. The summed E-state index contributed by atoms with van der Waals surface area (Å²) < 4.78 is 0. The average Bonchev–Trinajstić information content (AvgIpc) is 2.54. The fourth-order valence-electron chi connectivity index (χ4n) is 2.96. The van der Waals surface area contributed by atoms with Crippen molar-refractivity contribution < 1.29 is 4.79 Å². The molecule has 1 unspecified atom stereocenters. The third-order valence-corrected chi connectivity index (χ3v) is 3.97. The molecule has 1 aliphatic heterocycles. The number of hydrogen-bond donors (Lipinski definition) is 0. The molecule has 1 aromatic carbocycles. The summed E-state index contributed by atoms with van der Waals surface area (Å²) in [6.07, 6.45) is 3.32. The number of anilines is 2. The van der Waals surface area contributed by atoms with Crippen molar-refractivity contribution in [2.45, 2.75) is 19.9 Å². The highest BCUT2D eigenvalue weighted by molar-refractivity contribution is 6.08. The highest BCUT2D eigenvalue weighted by Gasteiger charge is 2.30. The fourth-order valence-corrected chi connectivity index (χ4v) is 2.96. The molecule has 1 aromatic heterocycles. The van der Waals surface area contributed by atoms with Crippen molar-refractivity contribution in [1.82, 2.24) is 4.98 Å². The molecule has 2 aromatic rings. The third-order valence-electron chi connectivity index (χ3n) is 3.97. The summed E-state index contributed by atoms with van der Waals surface area (Å²) in [5, 5.41) is 0. The maximum Gasteiger partial charge on any atom is 0.258 e. The summed E-state index contributed by atoms with van der Waals surface area (Å²) in [5.74, 6) is 0.0347. The molecule has 4 heteroatoms. The van der Waals surface area contributed by atoms with E-state index in [2.05, 4.69) is 29.8 Å². The minimum atomic E-state index is 0.0347. The Bertz CT molecular complexity index is 641. The van der Waals surface area contributed by atoms with Gasteiger partial charge in [0.2, 0.25) is 0 Å². The molecule has 4 nitrogen and oxygen atoms in total. The Morgan fingerprint density at radius 3 is 2.52 bits per heavy atom. The molecule has 0 spiro atoms. The Labute approximate surface area is 125 Å². The summed E-state index contributed by atoms with van der Waals surface area (Å²) in [6, 6.07) is 11.9. The van der Waals surface area contributed by atoms with Crippen LogP contribution in [0.25, 0.3) is 0 Å². The second-order valence-corrected chi connectivity index (χ2v) is 5.28. The van der Waals surface area contributed by atoms with E-state index in [0.717, 1.165) is 17.9 Å². The van der Waals surface area contributed by atoms with E-state index < -0.39 is 0 Å². The van der Waals surface area contributed by atoms with Crippen LogP contribution < -0.4 is 9.80 Å². The van der Waals surface area contributed by atoms with Crippen molar-refractivity contribution in [2.75, 3.05) is 22.9 Å². The number of aromatic nitrogens is 1. The van der Waals surface area contributed by atoms with Crippen LogP contribution in [0.15, 0.2) is 48.8 Å². The maximum absolute atomic E-state index is 12.8. The lowest BCUT2D eigenvalue weighted by Gasteiger charge is -2.42. The monoisotopic (exact) mass is 281 g/mol. The van der Waals surface area contributed by atoms with Gasteiger partial charge in [0.1, 0.15) is 0 Å². The van der Waals surface area contributed by atoms with E-state index in [9.17, 15) is 4.79 Å². The summed E-state index contributed by atoms with van der Waals surface area (Å²) in [4.78, 5) is 21.0. The van der Waals surface area contributed by atoms with Gasteiger partial charge in [0.25, 0.3) is 5.91 Å². The number of benzene rings is 1. The predicted molar refractivity (Wildman–Crippen MR) is 84.8 cm³/mol. The van der Waals surface area contributed by atoms with Crippen molar-refractivity contribution in [3.63, 3.8) is 0 Å². The molecule has 1 aliphatic rings. The van der Waals surface area contributed by atoms with Gasteiger partial charge >= 0.3 is 0 Å². The number of nitrogens with zero attached hydrogens (tertiary/aromatic N) is 3. The lowest BCUT2D eigenvalue weighted by atomic mass is 10.1. The minimum absolute atomic E-state index is 0.0347. The number of hydrogen-bond acceptors (Lipinski definition) is 3. The van der Waals surface area contributed by atoms with E-state index >= 15 is 0 Å². The summed E-state index contributed by atoms with van der Waals surface area (Å²) >= 11 is 0. The van der Waals surface area contributed by atoms with E-state index in [1.165, 1.54) is 0 Å². The smallest absolute Gasteiger partial charge is 0.258 e. The van der Waals surface area contributed by atoms with Crippen LogP contribution in [-0.2, 0) is 0 Å². The quantitative estimate of drug-likeness (QED) is 0.849. The zero-order valence-corrected chi connectivity index (χ0v) is 12.4. The van der Waals surface area contributed by atoms with Gasteiger partial charge in [0.05, 0.1) is 11.4 Å². The minimum Gasteiger partial charge on any atom is -0.366 e. The largest absolute Gasteiger partial charge is 0.366 e. The first-order valence-corrected chi connectivity index (χ1v) is 7.30. The Balaban J connectivity index is 2.02. The van der Waals surface area contributed by atoms with Gasteiger partial charge in [-0.25, -0.2) is 0 Å². The van der Waals surface area contributed by atoms with Gasteiger partial charge in [-0.2, -0.15) is 0 Å². The van der Waals surface area contributed by atoms with Gasteiger partial charge in [-0.15, -0.1) is 0 Å². The van der Waals surface area contributed by atoms with Crippen molar-refractivity contribution in [3.05, 3.63) is 54.4 Å². The van der Waals surface area contributed by atoms with Crippen LogP contribution in [0.3, 0.4) is 0 Å². The van der Waals surface area contributed by atoms with Gasteiger partial charge in [0, 0.05) is 37.1 Å². The van der Waals surface area contributed by atoms with E-state index in [-0.39, 0.29) is 5.91 Å². The summed E-state index contributed by atoms with van der Waals surface area (Å²) in [5.41, 5.74) is 2.79. The topological polar surface area (TPSA) is 36.4 Å². The number of para-hydroxylation sites is 2. The lowest BCUT2D eigenvalue weighted by Crippen LogP contribution is -2.49. The molecule has 1 amide bonds. The molecule has 3 rings (SSSR count). The van der Waals surface area contributed by atoms with Crippen LogP contribution in [0.1, 0.15) is 24.2 Å². The zero-order valence-electron chi connectivity index (χ0n) is 12.4. The fraction of sp³-hybridized carbons (Fsp3) is 0.294. The first-order valence-electron chi connectivity index (χ1n) is 7.30. The van der Waals surface area contributed by atoms with Crippen molar-refractivity contribution in [3.8, 4) is 0 Å². The normalized spacial score (nSPS) is 17.5. The lowest BCUT2D eigenvalue weighted by molar-refractivity contribution is 0.0984. The highest BCUT2D eigenvalue weighted by Crippen LogP contribution is 2.35. The second-order valence-electron chi connectivity index (χ2n) is 5.28. The maximum atomic E-state index is 12.8. The molecule has 0 radical (unpaired) electrons. The van der Waals surface area contributed by atoms with Gasteiger partial charge in [-0.3, -0.25) is 9.78 Å². The standard InChI is InChI=1S/C17H19N3O/c1-3-19-13(2)12-20(16-7-5-4-6-15(16)19)17(21)14-8-10-18-11-9-14/h4-11,13H,3,12H2,1-2H3. The zero-order chi connectivity index (χ0) is 14.8. The SMILES string of the molecule is CCN1c2ccccc2N(C(=O)c2ccncc2)CC1C. The molecule has 0 saturated heterocycles. The number of carbonyl (C=O) groups excluding carboxylic acids is 1. The van der Waals surface area contributed by atoms with Crippen LogP contribution in [0.4, 0.5) is 11.4 Å². The Hall–Kier alpha value is -2.36. The number of carbonyl (C=O) groups is 1. The summed E-state index contributed by atoms with van der Waals surface area (Å²) in [7, 11) is 0. The van der Waals surface area contributed by atoms with Gasteiger partial charge < -0.3 is 9.80 Å². The van der Waals surface area contributed by atoms with E-state index in [1.54, 1.807) is 24.5 Å². The molecular formula is C17H19N3O. The molecular weight excluding hydrogens is 262 g/mol. The van der Waals surface area contributed by atoms with Crippen LogP contribution in [0.5, 0.6) is 0 Å². The van der Waals surface area contributed by atoms with Crippen LogP contribution in [0.2, 0.25) is 0 Å². The van der Waals surface area contributed by atoms with Crippen molar-refractivity contribution >= 4 is 17.3 Å². The Morgan fingerprint density at radius 2 is 1.86 bits per heavy atom. The number of likely N-dealkylation sites (N-methyl/N-ethyl adjacent to an activating group) is 1. The molecule has 2 heterocycles. The number of rotatable bonds is 2. The molecule has 0 aliphatic carbocycles. The number of fused-ring (bicyclic) bond motifs is 1. The van der Waals surface area contributed by atoms with E-state index in [1.807, 2.05) is 23.1 Å². The van der Waals surface area contributed by atoms with Crippen LogP contribution in [-0.4, -0.2) is 30.0 Å². The average molecular weight is 281 g/mol. The van der Waals surface area contributed by atoms with Crippen molar-refractivity contribution in [2.24, 2.45) is 0 Å². The summed E-state index contributed by atoms with van der Waals surface area (Å²) in [6.45, 7) is 5.95. The van der Waals surface area contributed by atoms with E-state index in [4.69, 9.17) is 0 Å². The molecule has 0 bridgehead atoms. The molecule has 21 heavy (non-hydrogen) atoms. The molecule has 108 valence electrons. The van der Waals surface area contributed by atoms with E-state index in [0.29, 0.717) is 18.2 Å². The van der Waals surface area contributed by atoms with Crippen LogP contribution >= 0.6 is 0 Å². The second kappa shape index (κ2) is 5.56. The van der Waals surface area contributed by atoms with Crippen LogP contribution in [0, 0.1) is 0 Å². The number of pyridine rings is 1. The molecule has 0 saturated carbocycles. The van der Waals surface area contributed by atoms with Gasteiger partial charge in [-0.1, -0.05) is 12.1 Å². The third kappa shape index (κ3) is 2.37. The molecule has 0 fully saturated rings. The molecule has 0 N–H and O–H groups in total. The molecule has 1 atom stereocenters. The van der Waals surface area contributed by atoms with Gasteiger partial charge in [-0.05, 0) is 38.1 Å². The Morgan fingerprint density at radius 1 is 1.19 bits per heavy atom. The highest BCUT2D eigenvalue weighted by atomic mass is 16.2. The Kier molecular flexibility index (Phi) is 3.60. The first kappa shape index (κ1) is 13.6. The van der Waals surface area contributed by atoms with Gasteiger partial charge in [0.15, 0.2) is 0 Å². The number of amides is 1. The van der Waals surface area contributed by atoms with Crippen molar-refractivity contribution in [1.29, 1.82) is 0 Å². The predicted octanol–water partition coefficient (Wildman–Crippen LogP) is 2.96.